The van der Waals surface area contributed by atoms with Gasteiger partial charge in [-0.1, -0.05) is 91.0 Å². The molecule has 10 heteroatoms. The molecular formula is C38H48N6O4. The minimum absolute atomic E-state index is 0.0625. The molecule has 2 fully saturated rings. The highest BCUT2D eigenvalue weighted by atomic mass is 16.2. The van der Waals surface area contributed by atoms with Crippen molar-refractivity contribution >= 4 is 29.8 Å². The number of amides is 3. The predicted molar refractivity (Wildman–Crippen MR) is 188 cm³/mol. The van der Waals surface area contributed by atoms with Crippen molar-refractivity contribution in [3.05, 3.63) is 108 Å². The number of nitrogens with zero attached hydrogens (tertiary/aromatic N) is 3. The van der Waals surface area contributed by atoms with Gasteiger partial charge < -0.3 is 25.8 Å². The SMILES string of the molecule is CN1CCCC(C[C@H](NC(=O)CN2C(=O)CN(CCCc3ccccc3)C(=O)C2Cc2ccccc2)C(=O)c2ccccc2)C1.N=CN. The topological polar surface area (TPSA) is 140 Å². The van der Waals surface area contributed by atoms with E-state index in [2.05, 4.69) is 35.1 Å². The first kappa shape index (κ1) is 36.0. The Morgan fingerprint density at radius 2 is 1.56 bits per heavy atom. The number of hydrogen-bond donors (Lipinski definition) is 3. The number of benzene rings is 3. The van der Waals surface area contributed by atoms with Crippen molar-refractivity contribution in [3.8, 4) is 0 Å². The van der Waals surface area contributed by atoms with E-state index >= 15 is 0 Å². The Labute approximate surface area is 283 Å². The maximum Gasteiger partial charge on any atom is 0.246 e. The van der Waals surface area contributed by atoms with Gasteiger partial charge in [-0.2, -0.15) is 0 Å². The summed E-state index contributed by atoms with van der Waals surface area (Å²) in [7, 11) is 2.08. The molecule has 4 N–H and O–H groups in total. The third-order valence-corrected chi connectivity index (χ3v) is 8.94. The predicted octanol–water partition coefficient (Wildman–Crippen LogP) is 3.55. The highest BCUT2D eigenvalue weighted by molar-refractivity contribution is 6.02. The van der Waals surface area contributed by atoms with Crippen molar-refractivity contribution in [3.63, 3.8) is 0 Å². The minimum Gasteiger partial charge on any atom is -0.390 e. The van der Waals surface area contributed by atoms with E-state index in [0.717, 1.165) is 50.7 Å². The average Bonchev–Trinajstić information content (AvgIpc) is 3.09. The molecule has 0 saturated carbocycles. The fourth-order valence-electron chi connectivity index (χ4n) is 6.62. The lowest BCUT2D eigenvalue weighted by Gasteiger charge is -2.40. The van der Waals surface area contributed by atoms with Gasteiger partial charge in [-0.05, 0) is 62.7 Å². The van der Waals surface area contributed by atoms with Gasteiger partial charge >= 0.3 is 0 Å². The number of aryl methyl sites for hydroxylation is 1. The molecule has 3 atom stereocenters. The zero-order valence-corrected chi connectivity index (χ0v) is 27.8. The van der Waals surface area contributed by atoms with Gasteiger partial charge in [0.25, 0.3) is 0 Å². The molecule has 2 saturated heterocycles. The Kier molecular flexibility index (Phi) is 13.9. The van der Waals surface area contributed by atoms with Crippen LogP contribution in [0.1, 0.15) is 47.2 Å². The molecule has 0 spiro atoms. The van der Waals surface area contributed by atoms with Crippen LogP contribution in [0, 0.1) is 11.3 Å². The molecule has 48 heavy (non-hydrogen) atoms. The fourth-order valence-corrected chi connectivity index (χ4v) is 6.62. The molecule has 0 bridgehead atoms. The van der Waals surface area contributed by atoms with Crippen molar-refractivity contribution in [1.29, 1.82) is 5.41 Å². The quantitative estimate of drug-likeness (QED) is 0.147. The molecule has 3 amide bonds. The lowest BCUT2D eigenvalue weighted by Crippen LogP contribution is -2.62. The molecule has 10 nitrogen and oxygen atoms in total. The maximum atomic E-state index is 13.9. The van der Waals surface area contributed by atoms with Crippen LogP contribution in [-0.4, -0.2) is 96.4 Å². The van der Waals surface area contributed by atoms with Crippen LogP contribution in [0.4, 0.5) is 0 Å². The standard InChI is InChI=1S/C37H44N4O4.CH4N2/c1-39-21-11-18-30(25-39)23-32(36(44)31-19-9-4-10-20-31)38-34(42)26-41-33(24-29-15-7-3-8-16-29)37(45)40(27-35(41)43)22-12-17-28-13-5-2-6-14-28;2-1-3/h2-10,13-16,19-20,30,32-33H,11-12,17-18,21-27H2,1H3,(H,38,42);1H,(H3,2,3)/t30?,32-,33?;/m0./s1. The Balaban J connectivity index is 0.00000167. The molecule has 2 unspecified atom stereocenters. The Hall–Kier alpha value is -4.83. The summed E-state index contributed by atoms with van der Waals surface area (Å²) in [6.07, 6.45) is 5.18. The number of piperazine rings is 1. The molecule has 254 valence electrons. The van der Waals surface area contributed by atoms with Gasteiger partial charge in [-0.15, -0.1) is 0 Å². The summed E-state index contributed by atoms with van der Waals surface area (Å²) in [5.74, 6) is -0.698. The molecule has 2 heterocycles. The van der Waals surface area contributed by atoms with Crippen LogP contribution in [0.2, 0.25) is 0 Å². The molecule has 2 aliphatic heterocycles. The van der Waals surface area contributed by atoms with E-state index in [9.17, 15) is 19.2 Å². The van der Waals surface area contributed by atoms with Crippen molar-refractivity contribution < 1.29 is 19.2 Å². The van der Waals surface area contributed by atoms with Crippen LogP contribution in [0.15, 0.2) is 91.0 Å². The molecule has 3 aromatic rings. The largest absolute Gasteiger partial charge is 0.390 e. The van der Waals surface area contributed by atoms with Crippen molar-refractivity contribution in [2.24, 2.45) is 11.7 Å². The van der Waals surface area contributed by atoms with Crippen LogP contribution in [0.3, 0.4) is 0 Å². The molecule has 0 radical (unpaired) electrons. The van der Waals surface area contributed by atoms with E-state index in [1.54, 1.807) is 17.0 Å². The maximum absolute atomic E-state index is 13.9. The van der Waals surface area contributed by atoms with E-state index < -0.39 is 18.0 Å². The second kappa shape index (κ2) is 18.5. The Morgan fingerprint density at radius 1 is 0.958 bits per heavy atom. The van der Waals surface area contributed by atoms with Crippen LogP contribution < -0.4 is 11.1 Å². The first-order valence-electron chi connectivity index (χ1n) is 16.7. The van der Waals surface area contributed by atoms with Crippen molar-refractivity contribution in [2.75, 3.05) is 39.8 Å². The van der Waals surface area contributed by atoms with Gasteiger partial charge in [0.05, 0.1) is 18.9 Å². The Morgan fingerprint density at radius 3 is 2.19 bits per heavy atom. The minimum atomic E-state index is -0.800. The van der Waals surface area contributed by atoms with Crippen molar-refractivity contribution in [1.82, 2.24) is 20.0 Å². The molecular weight excluding hydrogens is 604 g/mol. The summed E-state index contributed by atoms with van der Waals surface area (Å²) < 4.78 is 0. The number of Topliss-reactive ketones (excluding diaryl/α,β-unsaturated/α-hetero) is 1. The van der Waals surface area contributed by atoms with E-state index in [-0.39, 0.29) is 36.6 Å². The first-order chi connectivity index (χ1) is 23.3. The molecule has 0 aliphatic carbocycles. The number of rotatable bonds is 13. The summed E-state index contributed by atoms with van der Waals surface area (Å²) >= 11 is 0. The van der Waals surface area contributed by atoms with Crippen molar-refractivity contribution in [2.45, 2.75) is 50.6 Å². The number of piperidine rings is 1. The van der Waals surface area contributed by atoms with Gasteiger partial charge in [0.2, 0.25) is 17.7 Å². The second-order valence-electron chi connectivity index (χ2n) is 12.6. The van der Waals surface area contributed by atoms with E-state index in [4.69, 9.17) is 5.41 Å². The number of nitrogens with one attached hydrogen (secondary N) is 2. The van der Waals surface area contributed by atoms with E-state index in [1.807, 2.05) is 66.7 Å². The molecule has 5 rings (SSSR count). The summed E-state index contributed by atoms with van der Waals surface area (Å²) in [5, 5.41) is 8.84. The highest BCUT2D eigenvalue weighted by Gasteiger charge is 2.40. The summed E-state index contributed by atoms with van der Waals surface area (Å²) in [4.78, 5) is 60.0. The van der Waals surface area contributed by atoms with Gasteiger partial charge in [-0.25, -0.2) is 0 Å². The zero-order chi connectivity index (χ0) is 34.3. The number of nitrogens with two attached hydrogens (primary N) is 1. The number of likely N-dealkylation sites (tertiary alicyclic amines) is 1. The normalized spacial score (nSPS) is 18.8. The van der Waals surface area contributed by atoms with Crippen LogP contribution in [-0.2, 0) is 27.2 Å². The van der Waals surface area contributed by atoms with E-state index in [1.165, 1.54) is 10.5 Å². The van der Waals surface area contributed by atoms with Crippen LogP contribution >= 0.6 is 0 Å². The lowest BCUT2D eigenvalue weighted by molar-refractivity contribution is -0.157. The number of hydrogen-bond acceptors (Lipinski definition) is 6. The zero-order valence-electron chi connectivity index (χ0n) is 27.8. The molecule has 3 aromatic carbocycles. The lowest BCUT2D eigenvalue weighted by atomic mass is 9.88. The first-order valence-corrected chi connectivity index (χ1v) is 16.7. The van der Waals surface area contributed by atoms with E-state index in [0.29, 0.717) is 24.9 Å². The fraction of sp³-hybridized carbons (Fsp3) is 0.395. The van der Waals surface area contributed by atoms with Gasteiger partial charge in [0.15, 0.2) is 5.78 Å². The third-order valence-electron chi connectivity index (χ3n) is 8.94. The number of ketones is 1. The van der Waals surface area contributed by atoms with Gasteiger partial charge in [-0.3, -0.25) is 24.6 Å². The molecule has 2 aliphatic rings. The molecule has 0 aromatic heterocycles. The van der Waals surface area contributed by atoms with Crippen LogP contribution in [0.25, 0.3) is 0 Å². The summed E-state index contributed by atoms with van der Waals surface area (Å²) in [6, 6.07) is 27.2. The third kappa shape index (κ3) is 10.6. The number of carbonyl (C=O) groups excluding carboxylic acids is 4. The van der Waals surface area contributed by atoms with Gasteiger partial charge in [0, 0.05) is 25.1 Å². The smallest absolute Gasteiger partial charge is 0.246 e. The monoisotopic (exact) mass is 652 g/mol. The number of carbonyl (C=O) groups is 4. The summed E-state index contributed by atoms with van der Waals surface area (Å²) in [6.45, 7) is 2.02. The summed E-state index contributed by atoms with van der Waals surface area (Å²) in [5.41, 5.74) is 7.04. The highest BCUT2D eigenvalue weighted by Crippen LogP contribution is 2.23. The Bertz CT molecular complexity index is 1490. The second-order valence-corrected chi connectivity index (χ2v) is 12.6. The average molecular weight is 653 g/mol. The van der Waals surface area contributed by atoms with Gasteiger partial charge in [0.1, 0.15) is 12.6 Å². The van der Waals surface area contributed by atoms with Crippen LogP contribution in [0.5, 0.6) is 0 Å².